The summed E-state index contributed by atoms with van der Waals surface area (Å²) in [4.78, 5) is 0. The van der Waals surface area contributed by atoms with Gasteiger partial charge in [-0.05, 0) is 29.7 Å². The summed E-state index contributed by atoms with van der Waals surface area (Å²) < 4.78 is 14.6. The SMILES string of the molecule is CC[SiH](CC)C1CNc2c(F)cc(Br)cc2C1. The number of rotatable bonds is 3. The lowest BCUT2D eigenvalue weighted by atomic mass is 10.0. The number of fused-ring (bicyclic) bond motifs is 1. The highest BCUT2D eigenvalue weighted by Crippen LogP contribution is 2.35. The Kier molecular flexibility index (Phi) is 4.25. The first-order valence-electron chi connectivity index (χ1n) is 6.37. The first kappa shape index (κ1) is 13.1. The van der Waals surface area contributed by atoms with Crippen molar-refractivity contribution in [1.82, 2.24) is 0 Å². The van der Waals surface area contributed by atoms with Crippen LogP contribution >= 0.6 is 15.9 Å². The van der Waals surface area contributed by atoms with E-state index in [0.29, 0.717) is 0 Å². The topological polar surface area (TPSA) is 12.0 Å². The number of benzene rings is 1. The molecule has 1 aromatic carbocycles. The van der Waals surface area contributed by atoms with Crippen molar-refractivity contribution in [1.29, 1.82) is 0 Å². The minimum Gasteiger partial charge on any atom is -0.382 e. The largest absolute Gasteiger partial charge is 0.382 e. The third kappa shape index (κ3) is 2.73. The molecule has 94 valence electrons. The summed E-state index contributed by atoms with van der Waals surface area (Å²) in [5.74, 6) is -0.126. The highest BCUT2D eigenvalue weighted by atomic mass is 79.9. The van der Waals surface area contributed by atoms with E-state index in [-0.39, 0.29) is 5.82 Å². The molecule has 0 bridgehead atoms. The van der Waals surface area contributed by atoms with Crippen LogP contribution in [0.4, 0.5) is 10.1 Å². The van der Waals surface area contributed by atoms with Gasteiger partial charge < -0.3 is 5.32 Å². The molecule has 0 saturated carbocycles. The minimum absolute atomic E-state index is 0.126. The highest BCUT2D eigenvalue weighted by molar-refractivity contribution is 9.10. The van der Waals surface area contributed by atoms with Gasteiger partial charge in [-0.2, -0.15) is 0 Å². The van der Waals surface area contributed by atoms with E-state index in [1.807, 2.05) is 0 Å². The van der Waals surface area contributed by atoms with Crippen LogP contribution in [0.1, 0.15) is 19.4 Å². The lowest BCUT2D eigenvalue weighted by Gasteiger charge is -2.31. The molecule has 2 rings (SSSR count). The Labute approximate surface area is 113 Å². The fourth-order valence-corrected chi connectivity index (χ4v) is 6.29. The van der Waals surface area contributed by atoms with E-state index >= 15 is 0 Å². The Bertz CT molecular complexity index is 407. The van der Waals surface area contributed by atoms with Crippen LogP contribution in [0.2, 0.25) is 17.6 Å². The van der Waals surface area contributed by atoms with E-state index in [1.165, 1.54) is 12.1 Å². The molecule has 0 aliphatic carbocycles. The van der Waals surface area contributed by atoms with Gasteiger partial charge in [0.25, 0.3) is 0 Å². The van der Waals surface area contributed by atoms with Crippen molar-refractivity contribution in [2.75, 3.05) is 11.9 Å². The van der Waals surface area contributed by atoms with E-state index < -0.39 is 8.80 Å². The molecule has 0 radical (unpaired) electrons. The molecule has 0 spiro atoms. The smallest absolute Gasteiger partial charge is 0.147 e. The summed E-state index contributed by atoms with van der Waals surface area (Å²) in [6, 6.07) is 6.29. The molecule has 1 atom stereocenters. The van der Waals surface area contributed by atoms with Crippen LogP contribution < -0.4 is 5.32 Å². The molecule has 0 amide bonds. The molecule has 0 saturated heterocycles. The lowest BCUT2D eigenvalue weighted by Crippen LogP contribution is -2.30. The van der Waals surface area contributed by atoms with Crippen LogP contribution in [-0.4, -0.2) is 15.3 Å². The lowest BCUT2D eigenvalue weighted by molar-refractivity contribution is 0.621. The van der Waals surface area contributed by atoms with E-state index in [4.69, 9.17) is 0 Å². The second-order valence-electron chi connectivity index (χ2n) is 4.84. The van der Waals surface area contributed by atoms with E-state index in [2.05, 4.69) is 41.2 Å². The number of anilines is 1. The summed E-state index contributed by atoms with van der Waals surface area (Å²) in [6.45, 7) is 5.57. The van der Waals surface area contributed by atoms with Gasteiger partial charge in [-0.3, -0.25) is 0 Å². The molecule has 1 heterocycles. The molecule has 1 nitrogen and oxygen atoms in total. The third-order valence-corrected chi connectivity index (χ3v) is 8.24. The second-order valence-corrected chi connectivity index (χ2v) is 9.86. The van der Waals surface area contributed by atoms with Gasteiger partial charge in [0.1, 0.15) is 5.82 Å². The Morgan fingerprint density at radius 1 is 1.41 bits per heavy atom. The quantitative estimate of drug-likeness (QED) is 0.825. The Hall–Kier alpha value is -0.353. The zero-order valence-electron chi connectivity index (χ0n) is 10.4. The molecule has 0 fully saturated rings. The van der Waals surface area contributed by atoms with Gasteiger partial charge in [-0.15, -0.1) is 0 Å². The fourth-order valence-electron chi connectivity index (χ4n) is 2.86. The Morgan fingerprint density at radius 3 is 2.76 bits per heavy atom. The van der Waals surface area contributed by atoms with E-state index in [0.717, 1.165) is 34.2 Å². The second kappa shape index (κ2) is 5.53. The Balaban J connectivity index is 2.23. The van der Waals surface area contributed by atoms with Crippen LogP contribution in [-0.2, 0) is 6.42 Å². The van der Waals surface area contributed by atoms with Gasteiger partial charge in [0.2, 0.25) is 0 Å². The number of halogens is 2. The zero-order valence-corrected chi connectivity index (χ0v) is 13.1. The normalized spacial score (nSPS) is 19.0. The monoisotopic (exact) mass is 315 g/mol. The number of hydrogen-bond donors (Lipinski definition) is 1. The van der Waals surface area contributed by atoms with Crippen molar-refractivity contribution in [2.45, 2.75) is 37.9 Å². The van der Waals surface area contributed by atoms with Crippen LogP contribution in [0.25, 0.3) is 0 Å². The van der Waals surface area contributed by atoms with Crippen molar-refractivity contribution in [3.05, 3.63) is 28.0 Å². The molecule has 1 aliphatic rings. The van der Waals surface area contributed by atoms with Crippen LogP contribution in [0.3, 0.4) is 0 Å². The van der Waals surface area contributed by atoms with E-state index in [1.54, 1.807) is 6.07 Å². The molecular weight excluding hydrogens is 297 g/mol. The zero-order chi connectivity index (χ0) is 12.4. The Morgan fingerprint density at radius 2 is 2.12 bits per heavy atom. The molecule has 0 aromatic heterocycles. The maximum atomic E-state index is 13.7. The van der Waals surface area contributed by atoms with Crippen molar-refractivity contribution >= 4 is 30.4 Å². The fraction of sp³-hybridized carbons (Fsp3) is 0.538. The van der Waals surface area contributed by atoms with Gasteiger partial charge in [0, 0.05) is 19.8 Å². The molecule has 1 aromatic rings. The number of nitrogens with one attached hydrogen (secondary N) is 1. The van der Waals surface area contributed by atoms with Crippen molar-refractivity contribution in [3.63, 3.8) is 0 Å². The van der Waals surface area contributed by atoms with Crippen LogP contribution in [0, 0.1) is 5.82 Å². The standard InChI is InChI=1S/C13H19BrFNSi/c1-3-17(4-2)11-6-9-5-10(14)7-12(15)13(9)16-8-11/h5,7,11,16-17H,3-4,6,8H2,1-2H3. The van der Waals surface area contributed by atoms with Crippen LogP contribution in [0.15, 0.2) is 16.6 Å². The summed E-state index contributed by atoms with van der Waals surface area (Å²) in [5, 5.41) is 3.30. The molecule has 1 N–H and O–H groups in total. The van der Waals surface area contributed by atoms with Gasteiger partial charge in [0.05, 0.1) is 5.69 Å². The predicted octanol–water partition coefficient (Wildman–Crippen LogP) is 4.19. The van der Waals surface area contributed by atoms with Gasteiger partial charge >= 0.3 is 0 Å². The first-order valence-corrected chi connectivity index (χ1v) is 9.46. The summed E-state index contributed by atoms with van der Waals surface area (Å²) in [6.07, 6.45) is 1.05. The molecular formula is C13H19BrFNSi. The van der Waals surface area contributed by atoms with Gasteiger partial charge in [0.15, 0.2) is 0 Å². The summed E-state index contributed by atoms with van der Waals surface area (Å²) in [7, 11) is -0.664. The minimum atomic E-state index is -0.664. The molecule has 1 unspecified atom stereocenters. The predicted molar refractivity (Wildman–Crippen MR) is 78.2 cm³/mol. The van der Waals surface area contributed by atoms with E-state index in [9.17, 15) is 4.39 Å². The van der Waals surface area contributed by atoms with Crippen LogP contribution in [0.5, 0.6) is 0 Å². The maximum absolute atomic E-state index is 13.7. The maximum Gasteiger partial charge on any atom is 0.147 e. The molecule has 17 heavy (non-hydrogen) atoms. The third-order valence-electron chi connectivity index (χ3n) is 3.88. The average molecular weight is 316 g/mol. The van der Waals surface area contributed by atoms with Crippen molar-refractivity contribution in [2.24, 2.45) is 0 Å². The van der Waals surface area contributed by atoms with Crippen molar-refractivity contribution in [3.8, 4) is 0 Å². The summed E-state index contributed by atoms with van der Waals surface area (Å²) >= 11 is 3.38. The molecule has 4 heteroatoms. The van der Waals surface area contributed by atoms with Crippen molar-refractivity contribution < 1.29 is 4.39 Å². The van der Waals surface area contributed by atoms with Gasteiger partial charge in [-0.25, -0.2) is 4.39 Å². The first-order chi connectivity index (χ1) is 8.15. The summed E-state index contributed by atoms with van der Waals surface area (Å²) in [5.41, 5.74) is 2.64. The number of hydrogen-bond acceptors (Lipinski definition) is 1. The highest BCUT2D eigenvalue weighted by Gasteiger charge is 2.26. The molecule has 1 aliphatic heterocycles. The van der Waals surface area contributed by atoms with Gasteiger partial charge in [-0.1, -0.05) is 41.9 Å². The average Bonchev–Trinajstić information content (AvgIpc) is 2.30.